The molecule has 1 aliphatic carbocycles. The summed E-state index contributed by atoms with van der Waals surface area (Å²) in [6, 6.07) is 8.38. The van der Waals surface area contributed by atoms with E-state index >= 15 is 0 Å². The summed E-state index contributed by atoms with van der Waals surface area (Å²) in [7, 11) is 3.56. The molecule has 0 unspecified atom stereocenters. The fraction of sp³-hybridized carbons (Fsp3) is 0.500. The van der Waals surface area contributed by atoms with E-state index in [0.717, 1.165) is 25.3 Å². The zero-order valence-electron chi connectivity index (χ0n) is 14.9. The quantitative estimate of drug-likeness (QED) is 0.860. The molecule has 1 aromatic carbocycles. The average molecular weight is 339 g/mol. The number of carbonyl (C=O) groups is 1. The SMILES string of the molecule is COc1cccc(C[C@H]2CC[C@@H]3CN(C(=O)c4cnn(C)c4)C[C@H]23)c1. The largest absolute Gasteiger partial charge is 0.497 e. The highest BCUT2D eigenvalue weighted by Crippen LogP contribution is 2.44. The van der Waals surface area contributed by atoms with Crippen molar-refractivity contribution in [3.05, 3.63) is 47.8 Å². The van der Waals surface area contributed by atoms with Gasteiger partial charge in [-0.15, -0.1) is 0 Å². The lowest BCUT2D eigenvalue weighted by atomic mass is 9.87. The maximum atomic E-state index is 12.7. The summed E-state index contributed by atoms with van der Waals surface area (Å²) in [4.78, 5) is 14.7. The normalized spacial score (nSPS) is 25.2. The molecule has 3 atom stereocenters. The minimum absolute atomic E-state index is 0.127. The van der Waals surface area contributed by atoms with E-state index in [1.54, 1.807) is 18.0 Å². The molecule has 4 rings (SSSR count). The van der Waals surface area contributed by atoms with E-state index in [1.807, 2.05) is 24.2 Å². The summed E-state index contributed by atoms with van der Waals surface area (Å²) in [5, 5.41) is 4.13. The van der Waals surface area contributed by atoms with Crippen LogP contribution in [-0.2, 0) is 13.5 Å². The van der Waals surface area contributed by atoms with E-state index in [2.05, 4.69) is 23.3 Å². The number of aryl methyl sites for hydroxylation is 1. The van der Waals surface area contributed by atoms with Crippen molar-refractivity contribution in [2.45, 2.75) is 19.3 Å². The van der Waals surface area contributed by atoms with Crippen molar-refractivity contribution in [2.24, 2.45) is 24.8 Å². The fourth-order valence-electron chi connectivity index (χ4n) is 4.61. The maximum Gasteiger partial charge on any atom is 0.257 e. The highest BCUT2D eigenvalue weighted by molar-refractivity contribution is 5.93. The molecule has 2 aromatic rings. The van der Waals surface area contributed by atoms with Crippen molar-refractivity contribution < 1.29 is 9.53 Å². The molecular formula is C20H25N3O2. The lowest BCUT2D eigenvalue weighted by Gasteiger charge is -2.21. The third-order valence-corrected chi connectivity index (χ3v) is 5.88. The van der Waals surface area contributed by atoms with Crippen LogP contribution in [0.25, 0.3) is 0 Å². The Hall–Kier alpha value is -2.30. The topological polar surface area (TPSA) is 47.4 Å². The number of hydrogen-bond acceptors (Lipinski definition) is 3. The second-order valence-electron chi connectivity index (χ2n) is 7.43. The van der Waals surface area contributed by atoms with Crippen LogP contribution in [0.2, 0.25) is 0 Å². The number of aromatic nitrogens is 2. The van der Waals surface area contributed by atoms with Gasteiger partial charge in [-0.05, 0) is 54.7 Å². The number of likely N-dealkylation sites (tertiary alicyclic amines) is 1. The van der Waals surface area contributed by atoms with Crippen LogP contribution < -0.4 is 4.74 Å². The Morgan fingerprint density at radius 2 is 2.20 bits per heavy atom. The number of hydrogen-bond donors (Lipinski definition) is 0. The lowest BCUT2D eigenvalue weighted by Crippen LogP contribution is -2.30. The Balaban J connectivity index is 1.43. The molecule has 132 valence electrons. The average Bonchev–Trinajstić information content (AvgIpc) is 3.32. The van der Waals surface area contributed by atoms with E-state index < -0.39 is 0 Å². The molecule has 5 nitrogen and oxygen atoms in total. The van der Waals surface area contributed by atoms with E-state index in [0.29, 0.717) is 23.3 Å². The number of rotatable bonds is 4. The zero-order chi connectivity index (χ0) is 17.4. The molecule has 0 spiro atoms. The summed E-state index contributed by atoms with van der Waals surface area (Å²) in [6.45, 7) is 1.78. The van der Waals surface area contributed by atoms with Crippen LogP contribution in [0.15, 0.2) is 36.7 Å². The minimum Gasteiger partial charge on any atom is -0.497 e. The summed E-state index contributed by atoms with van der Waals surface area (Å²) >= 11 is 0. The second-order valence-corrected chi connectivity index (χ2v) is 7.43. The Labute approximate surface area is 148 Å². The van der Waals surface area contributed by atoms with Crippen molar-refractivity contribution in [1.29, 1.82) is 0 Å². The minimum atomic E-state index is 0.127. The van der Waals surface area contributed by atoms with Crippen molar-refractivity contribution in [2.75, 3.05) is 20.2 Å². The molecule has 1 amide bonds. The van der Waals surface area contributed by atoms with Gasteiger partial charge in [-0.25, -0.2) is 0 Å². The molecule has 2 heterocycles. The van der Waals surface area contributed by atoms with Gasteiger partial charge in [0.15, 0.2) is 0 Å². The van der Waals surface area contributed by atoms with Crippen molar-refractivity contribution in [3.63, 3.8) is 0 Å². The lowest BCUT2D eigenvalue weighted by molar-refractivity contribution is 0.0776. The molecule has 1 saturated heterocycles. The number of carbonyl (C=O) groups excluding carboxylic acids is 1. The van der Waals surface area contributed by atoms with Gasteiger partial charge in [0.05, 0.1) is 18.9 Å². The molecule has 1 saturated carbocycles. The van der Waals surface area contributed by atoms with Crippen LogP contribution in [0.1, 0.15) is 28.8 Å². The van der Waals surface area contributed by atoms with E-state index in [4.69, 9.17) is 4.74 Å². The molecule has 0 radical (unpaired) electrons. The van der Waals surface area contributed by atoms with Gasteiger partial charge in [-0.1, -0.05) is 12.1 Å². The molecule has 2 aliphatic rings. The fourth-order valence-corrected chi connectivity index (χ4v) is 4.61. The van der Waals surface area contributed by atoms with E-state index in [9.17, 15) is 4.79 Å². The second kappa shape index (κ2) is 6.54. The number of amides is 1. The number of benzene rings is 1. The Morgan fingerprint density at radius 3 is 2.96 bits per heavy atom. The molecule has 2 fully saturated rings. The van der Waals surface area contributed by atoms with Crippen LogP contribution in [0.3, 0.4) is 0 Å². The first-order valence-electron chi connectivity index (χ1n) is 9.05. The van der Waals surface area contributed by atoms with Crippen LogP contribution >= 0.6 is 0 Å². The third kappa shape index (κ3) is 3.15. The van der Waals surface area contributed by atoms with Crippen LogP contribution in [-0.4, -0.2) is 40.8 Å². The molecule has 1 aromatic heterocycles. The third-order valence-electron chi connectivity index (χ3n) is 5.88. The Morgan fingerprint density at radius 1 is 1.32 bits per heavy atom. The highest BCUT2D eigenvalue weighted by Gasteiger charge is 2.43. The van der Waals surface area contributed by atoms with Gasteiger partial charge in [0.2, 0.25) is 0 Å². The number of nitrogens with zero attached hydrogens (tertiary/aromatic N) is 3. The Bertz CT molecular complexity index is 770. The van der Waals surface area contributed by atoms with Gasteiger partial charge in [0.25, 0.3) is 5.91 Å². The number of ether oxygens (including phenoxy) is 1. The first-order valence-corrected chi connectivity index (χ1v) is 9.05. The number of fused-ring (bicyclic) bond motifs is 1. The summed E-state index contributed by atoms with van der Waals surface area (Å²) in [5.41, 5.74) is 2.04. The van der Waals surface area contributed by atoms with Gasteiger partial charge in [0.1, 0.15) is 5.75 Å². The first kappa shape index (κ1) is 16.2. The van der Waals surface area contributed by atoms with E-state index in [-0.39, 0.29) is 5.91 Å². The van der Waals surface area contributed by atoms with Gasteiger partial charge in [-0.2, -0.15) is 5.10 Å². The van der Waals surface area contributed by atoms with Crippen molar-refractivity contribution >= 4 is 5.91 Å². The summed E-state index contributed by atoms with van der Waals surface area (Å²) < 4.78 is 7.03. The molecule has 25 heavy (non-hydrogen) atoms. The Kier molecular flexibility index (Phi) is 4.24. The van der Waals surface area contributed by atoms with Crippen molar-refractivity contribution in [3.8, 4) is 5.75 Å². The van der Waals surface area contributed by atoms with Gasteiger partial charge in [-0.3, -0.25) is 9.48 Å². The standard InChI is InChI=1S/C20H25N3O2/c1-22-11-17(10-21-22)20(24)23-12-16-7-6-15(19(16)13-23)8-14-4-3-5-18(9-14)25-2/h3-5,9-11,15-16,19H,6-8,12-13H2,1-2H3/t15-,16-,19-/m1/s1. The summed E-state index contributed by atoms with van der Waals surface area (Å²) in [6.07, 6.45) is 7.05. The van der Waals surface area contributed by atoms with Gasteiger partial charge < -0.3 is 9.64 Å². The van der Waals surface area contributed by atoms with Crippen LogP contribution in [0.5, 0.6) is 5.75 Å². The van der Waals surface area contributed by atoms with Gasteiger partial charge >= 0.3 is 0 Å². The molecule has 0 bridgehead atoms. The molecule has 5 heteroatoms. The molecule has 0 N–H and O–H groups in total. The summed E-state index contributed by atoms with van der Waals surface area (Å²) in [5.74, 6) is 2.97. The van der Waals surface area contributed by atoms with Crippen LogP contribution in [0.4, 0.5) is 0 Å². The first-order chi connectivity index (χ1) is 12.1. The number of methoxy groups -OCH3 is 1. The monoisotopic (exact) mass is 339 g/mol. The predicted octanol–water partition coefficient (Wildman–Crippen LogP) is 2.77. The van der Waals surface area contributed by atoms with Crippen LogP contribution in [0, 0.1) is 17.8 Å². The maximum absolute atomic E-state index is 12.7. The molecule has 1 aliphatic heterocycles. The predicted molar refractivity (Wildman–Crippen MR) is 95.5 cm³/mol. The van der Waals surface area contributed by atoms with Crippen molar-refractivity contribution in [1.82, 2.24) is 14.7 Å². The smallest absolute Gasteiger partial charge is 0.257 e. The van der Waals surface area contributed by atoms with Gasteiger partial charge in [0, 0.05) is 26.3 Å². The van der Waals surface area contributed by atoms with E-state index in [1.165, 1.54) is 18.4 Å². The zero-order valence-corrected chi connectivity index (χ0v) is 14.9. The highest BCUT2D eigenvalue weighted by atomic mass is 16.5. The molecular weight excluding hydrogens is 314 g/mol.